The standard InChI is InChI=1S/C29H39N3O2/c1-30(17-16-28-8-4-5-21-34-28)26-14-19-31(20-15-26)27-11-9-24(10-12-27)29(33)32-18-13-23-6-2-3-7-25(23)22-32/h2-3,6-7,9-12,26,28H,4-5,8,13-22H2,1H3/t28-/m0/s1. The molecular formula is C29H39N3O2. The van der Waals surface area contributed by atoms with Crippen molar-refractivity contribution in [3.8, 4) is 0 Å². The van der Waals surface area contributed by atoms with Gasteiger partial charge in [-0.05, 0) is 87.4 Å². The molecule has 0 spiro atoms. The monoisotopic (exact) mass is 461 g/mol. The van der Waals surface area contributed by atoms with E-state index < -0.39 is 0 Å². The minimum Gasteiger partial charge on any atom is -0.378 e. The molecule has 0 N–H and O–H groups in total. The lowest BCUT2D eigenvalue weighted by atomic mass is 9.99. The summed E-state index contributed by atoms with van der Waals surface area (Å²) in [6.07, 6.45) is 8.74. The topological polar surface area (TPSA) is 36.0 Å². The van der Waals surface area contributed by atoms with Crippen LogP contribution in [0.1, 0.15) is 60.0 Å². The highest BCUT2D eigenvalue weighted by atomic mass is 16.5. The first kappa shape index (κ1) is 23.4. The number of carbonyl (C=O) groups is 1. The van der Waals surface area contributed by atoms with Gasteiger partial charge >= 0.3 is 0 Å². The molecule has 34 heavy (non-hydrogen) atoms. The summed E-state index contributed by atoms with van der Waals surface area (Å²) < 4.78 is 5.91. The molecule has 0 aliphatic carbocycles. The van der Waals surface area contributed by atoms with Crippen molar-refractivity contribution < 1.29 is 9.53 Å². The van der Waals surface area contributed by atoms with Crippen molar-refractivity contribution in [1.82, 2.24) is 9.80 Å². The van der Waals surface area contributed by atoms with Crippen LogP contribution in [-0.2, 0) is 17.7 Å². The fourth-order valence-corrected chi connectivity index (χ4v) is 5.80. The first-order valence-corrected chi connectivity index (χ1v) is 13.2. The summed E-state index contributed by atoms with van der Waals surface area (Å²) in [6, 6.07) is 17.4. The van der Waals surface area contributed by atoms with E-state index >= 15 is 0 Å². The van der Waals surface area contributed by atoms with Gasteiger partial charge in [-0.3, -0.25) is 4.79 Å². The first-order chi connectivity index (χ1) is 16.7. The van der Waals surface area contributed by atoms with Gasteiger partial charge in [-0.2, -0.15) is 0 Å². The predicted octanol–water partition coefficient (Wildman–Crippen LogP) is 4.74. The fraction of sp³-hybridized carbons (Fsp3) is 0.552. The van der Waals surface area contributed by atoms with Crippen LogP contribution in [0.15, 0.2) is 48.5 Å². The van der Waals surface area contributed by atoms with E-state index in [0.29, 0.717) is 18.7 Å². The summed E-state index contributed by atoms with van der Waals surface area (Å²) in [5, 5.41) is 0. The third-order valence-electron chi connectivity index (χ3n) is 8.06. The van der Waals surface area contributed by atoms with Gasteiger partial charge in [0.05, 0.1) is 6.10 Å². The van der Waals surface area contributed by atoms with Crippen molar-refractivity contribution in [2.75, 3.05) is 44.7 Å². The van der Waals surface area contributed by atoms with Crippen LogP contribution < -0.4 is 4.90 Å². The van der Waals surface area contributed by atoms with E-state index in [4.69, 9.17) is 4.74 Å². The second-order valence-electron chi connectivity index (χ2n) is 10.3. The third kappa shape index (κ3) is 5.47. The van der Waals surface area contributed by atoms with Crippen LogP contribution in [0.3, 0.4) is 0 Å². The second kappa shape index (κ2) is 10.9. The van der Waals surface area contributed by atoms with Crippen LogP contribution in [-0.4, -0.2) is 67.7 Å². The molecule has 0 saturated carbocycles. The Labute approximate surface area is 204 Å². The highest BCUT2D eigenvalue weighted by Crippen LogP contribution is 2.25. The number of benzene rings is 2. The van der Waals surface area contributed by atoms with Crippen molar-refractivity contribution in [1.29, 1.82) is 0 Å². The van der Waals surface area contributed by atoms with E-state index in [9.17, 15) is 4.79 Å². The molecular weight excluding hydrogens is 422 g/mol. The molecule has 5 nitrogen and oxygen atoms in total. The number of piperidine rings is 1. The average molecular weight is 462 g/mol. The Morgan fingerprint density at radius 1 is 0.971 bits per heavy atom. The highest BCUT2D eigenvalue weighted by Gasteiger charge is 2.25. The van der Waals surface area contributed by atoms with Crippen molar-refractivity contribution in [3.05, 3.63) is 65.2 Å². The normalized spacial score (nSPS) is 21.5. The largest absolute Gasteiger partial charge is 0.378 e. The minimum absolute atomic E-state index is 0.142. The molecule has 0 unspecified atom stereocenters. The van der Waals surface area contributed by atoms with E-state index in [-0.39, 0.29) is 5.91 Å². The van der Waals surface area contributed by atoms with Crippen LogP contribution in [0.4, 0.5) is 5.69 Å². The lowest BCUT2D eigenvalue weighted by Gasteiger charge is -2.38. The summed E-state index contributed by atoms with van der Waals surface area (Å²) in [5.74, 6) is 0.142. The van der Waals surface area contributed by atoms with Crippen molar-refractivity contribution in [2.45, 2.75) is 63.6 Å². The van der Waals surface area contributed by atoms with Gasteiger partial charge in [0.15, 0.2) is 0 Å². The number of carbonyl (C=O) groups excluding carboxylic acids is 1. The third-order valence-corrected chi connectivity index (χ3v) is 8.06. The molecule has 2 aromatic rings. The number of nitrogens with zero attached hydrogens (tertiary/aromatic N) is 3. The van der Waals surface area contributed by atoms with Gasteiger partial charge in [0.25, 0.3) is 5.91 Å². The Morgan fingerprint density at radius 3 is 2.47 bits per heavy atom. The van der Waals surface area contributed by atoms with Crippen molar-refractivity contribution >= 4 is 11.6 Å². The predicted molar refractivity (Wildman–Crippen MR) is 137 cm³/mol. The number of anilines is 1. The molecule has 3 aliphatic heterocycles. The molecule has 182 valence electrons. The molecule has 1 atom stereocenters. The van der Waals surface area contributed by atoms with Gasteiger partial charge in [0.2, 0.25) is 0 Å². The Balaban J connectivity index is 1.10. The number of fused-ring (bicyclic) bond motifs is 1. The van der Waals surface area contributed by atoms with Gasteiger partial charge in [0, 0.05) is 56.6 Å². The lowest BCUT2D eigenvalue weighted by molar-refractivity contribution is 0.00415. The molecule has 2 fully saturated rings. The van der Waals surface area contributed by atoms with Crippen LogP contribution in [0, 0.1) is 0 Å². The summed E-state index contributed by atoms with van der Waals surface area (Å²) in [7, 11) is 2.28. The Bertz CT molecular complexity index is 946. The SMILES string of the molecule is CN(CC[C@@H]1CCCCO1)C1CCN(c2ccc(C(=O)N3CCc4ccccc4C3)cc2)CC1. The smallest absolute Gasteiger partial charge is 0.254 e. The van der Waals surface area contributed by atoms with Gasteiger partial charge in [-0.15, -0.1) is 0 Å². The first-order valence-electron chi connectivity index (χ1n) is 13.2. The van der Waals surface area contributed by atoms with Gasteiger partial charge in [-0.1, -0.05) is 24.3 Å². The summed E-state index contributed by atoms with van der Waals surface area (Å²) in [5.41, 5.74) is 4.68. The van der Waals surface area contributed by atoms with Gasteiger partial charge < -0.3 is 19.4 Å². The zero-order chi connectivity index (χ0) is 23.3. The van der Waals surface area contributed by atoms with Crippen LogP contribution in [0.5, 0.6) is 0 Å². The molecule has 0 bridgehead atoms. The zero-order valence-electron chi connectivity index (χ0n) is 20.6. The molecule has 3 heterocycles. The Morgan fingerprint density at radius 2 is 1.74 bits per heavy atom. The lowest BCUT2D eigenvalue weighted by Crippen LogP contribution is -2.44. The quantitative estimate of drug-likeness (QED) is 0.622. The zero-order valence-corrected chi connectivity index (χ0v) is 20.6. The van der Waals surface area contributed by atoms with E-state index in [1.54, 1.807) is 0 Å². The minimum atomic E-state index is 0.142. The Kier molecular flexibility index (Phi) is 7.51. The van der Waals surface area contributed by atoms with Crippen molar-refractivity contribution in [3.63, 3.8) is 0 Å². The molecule has 1 amide bonds. The molecule has 5 heteroatoms. The fourth-order valence-electron chi connectivity index (χ4n) is 5.80. The second-order valence-corrected chi connectivity index (χ2v) is 10.3. The molecule has 5 rings (SSSR count). The molecule has 2 aromatic carbocycles. The number of hydrogen-bond donors (Lipinski definition) is 0. The van der Waals surface area contributed by atoms with E-state index in [1.807, 2.05) is 17.0 Å². The number of ether oxygens (including phenoxy) is 1. The molecule has 0 radical (unpaired) electrons. The van der Waals surface area contributed by atoms with E-state index in [2.05, 4.69) is 53.2 Å². The van der Waals surface area contributed by atoms with Gasteiger partial charge in [0.1, 0.15) is 0 Å². The Hall–Kier alpha value is -2.37. The summed E-state index contributed by atoms with van der Waals surface area (Å²) in [4.78, 5) is 20.1. The molecule has 0 aromatic heterocycles. The number of hydrogen-bond acceptors (Lipinski definition) is 4. The summed E-state index contributed by atoms with van der Waals surface area (Å²) in [6.45, 7) is 5.74. The maximum absolute atomic E-state index is 13.1. The van der Waals surface area contributed by atoms with Gasteiger partial charge in [-0.25, -0.2) is 0 Å². The average Bonchev–Trinajstić information content (AvgIpc) is 2.92. The summed E-state index contributed by atoms with van der Waals surface area (Å²) >= 11 is 0. The maximum atomic E-state index is 13.1. The van der Waals surface area contributed by atoms with E-state index in [0.717, 1.165) is 51.2 Å². The van der Waals surface area contributed by atoms with Crippen LogP contribution in [0.2, 0.25) is 0 Å². The molecule has 2 saturated heterocycles. The number of amides is 1. The number of rotatable bonds is 6. The molecule has 3 aliphatic rings. The van der Waals surface area contributed by atoms with Crippen molar-refractivity contribution in [2.24, 2.45) is 0 Å². The maximum Gasteiger partial charge on any atom is 0.254 e. The van der Waals surface area contributed by atoms with E-state index in [1.165, 1.54) is 48.9 Å². The highest BCUT2D eigenvalue weighted by molar-refractivity contribution is 5.94. The van der Waals surface area contributed by atoms with Crippen LogP contribution >= 0.6 is 0 Å². The van der Waals surface area contributed by atoms with Crippen LogP contribution in [0.25, 0.3) is 0 Å².